The molecule has 4 heterocycles. The molecule has 204 valence electrons. The fraction of sp³-hybridized carbons (Fsp3) is 0.387. The van der Waals surface area contributed by atoms with Crippen LogP contribution >= 0.6 is 11.3 Å². The van der Waals surface area contributed by atoms with Crippen molar-refractivity contribution in [1.82, 2.24) is 35.3 Å². The summed E-state index contributed by atoms with van der Waals surface area (Å²) < 4.78 is 0. The molecule has 9 heteroatoms. The number of carbonyl (C=O) groups excluding carboxylic acids is 1. The monoisotopic (exact) mass is 551 g/mol. The topological polar surface area (TPSA) is 87.1 Å². The Morgan fingerprint density at radius 2 is 1.65 bits per heavy atom. The van der Waals surface area contributed by atoms with Crippen molar-refractivity contribution in [2.45, 2.75) is 63.2 Å². The maximum absolute atomic E-state index is 12.7. The van der Waals surface area contributed by atoms with Crippen LogP contribution in [0.2, 0.25) is 0 Å². The SMILES string of the molecule is O=C1NC2CCCC[C@H]2N1C1CCN(Cc2ccc(-c3nc(-c4cscn4)nnc3-c3ccccc3)cc2)CC1. The lowest BCUT2D eigenvalue weighted by Crippen LogP contribution is -2.49. The molecule has 2 amide bonds. The van der Waals surface area contributed by atoms with Gasteiger partial charge in [0, 0.05) is 42.2 Å². The summed E-state index contributed by atoms with van der Waals surface area (Å²) in [6.07, 6.45) is 6.84. The number of amides is 2. The van der Waals surface area contributed by atoms with Gasteiger partial charge in [0.1, 0.15) is 17.1 Å². The standard InChI is InChI=1S/C31H33N7OS/c39-31-33-25-8-4-5-9-27(25)38(31)24-14-16-37(17-15-24)18-21-10-12-23(13-11-21)28-29(22-6-2-1-3-7-22)35-36-30(34-28)26-19-40-20-32-26/h1-3,6-7,10-13,19-20,24-25,27H,4-5,8-9,14-18H2,(H,33,39)/t25?,27-/m1/s1. The van der Waals surface area contributed by atoms with E-state index in [1.165, 1.54) is 29.7 Å². The van der Waals surface area contributed by atoms with Gasteiger partial charge in [-0.25, -0.2) is 14.8 Å². The molecule has 1 unspecified atom stereocenters. The van der Waals surface area contributed by atoms with Gasteiger partial charge in [-0.2, -0.15) is 0 Å². The summed E-state index contributed by atoms with van der Waals surface area (Å²) in [7, 11) is 0. The Bertz CT molecular complexity index is 1450. The Morgan fingerprint density at radius 3 is 2.42 bits per heavy atom. The van der Waals surface area contributed by atoms with Crippen LogP contribution in [0.1, 0.15) is 44.1 Å². The number of piperidine rings is 1. The number of fused-ring (bicyclic) bond motifs is 1. The molecule has 3 fully saturated rings. The molecule has 2 saturated heterocycles. The first-order valence-corrected chi connectivity index (χ1v) is 15.3. The smallest absolute Gasteiger partial charge is 0.318 e. The van der Waals surface area contributed by atoms with E-state index in [0.29, 0.717) is 23.9 Å². The van der Waals surface area contributed by atoms with Crippen LogP contribution < -0.4 is 5.32 Å². The van der Waals surface area contributed by atoms with Crippen LogP contribution in [-0.2, 0) is 6.54 Å². The highest BCUT2D eigenvalue weighted by molar-refractivity contribution is 7.07. The number of aromatic nitrogens is 4. The molecule has 7 rings (SSSR count). The van der Waals surface area contributed by atoms with Crippen molar-refractivity contribution >= 4 is 17.4 Å². The van der Waals surface area contributed by atoms with Gasteiger partial charge in [-0.1, -0.05) is 67.4 Å². The number of hydrogen-bond acceptors (Lipinski definition) is 7. The fourth-order valence-corrected chi connectivity index (χ4v) is 7.09. The molecule has 8 nitrogen and oxygen atoms in total. The van der Waals surface area contributed by atoms with Crippen LogP contribution in [0.15, 0.2) is 65.5 Å². The highest BCUT2D eigenvalue weighted by Gasteiger charge is 2.44. The molecule has 1 aliphatic carbocycles. The van der Waals surface area contributed by atoms with Crippen molar-refractivity contribution in [1.29, 1.82) is 0 Å². The summed E-state index contributed by atoms with van der Waals surface area (Å²) >= 11 is 1.52. The van der Waals surface area contributed by atoms with Crippen LogP contribution in [-0.4, -0.2) is 67.2 Å². The number of benzene rings is 2. The predicted molar refractivity (Wildman–Crippen MR) is 157 cm³/mol. The molecule has 40 heavy (non-hydrogen) atoms. The van der Waals surface area contributed by atoms with Crippen LogP contribution in [0.25, 0.3) is 34.0 Å². The summed E-state index contributed by atoms with van der Waals surface area (Å²) in [4.78, 5) is 26.8. The van der Waals surface area contributed by atoms with Crippen LogP contribution in [0.5, 0.6) is 0 Å². The first kappa shape index (κ1) is 25.3. The number of nitrogens with zero attached hydrogens (tertiary/aromatic N) is 6. The minimum absolute atomic E-state index is 0.165. The molecule has 2 aromatic carbocycles. The lowest BCUT2D eigenvalue weighted by molar-refractivity contribution is 0.0991. The van der Waals surface area contributed by atoms with E-state index in [2.05, 4.69) is 54.6 Å². The first-order chi connectivity index (χ1) is 19.7. The third kappa shape index (κ3) is 4.99. The zero-order valence-electron chi connectivity index (χ0n) is 22.4. The highest BCUT2D eigenvalue weighted by atomic mass is 32.1. The fourth-order valence-electron chi connectivity index (χ4n) is 6.56. The summed E-state index contributed by atoms with van der Waals surface area (Å²) in [5, 5.41) is 14.2. The molecule has 1 saturated carbocycles. The minimum Gasteiger partial charge on any atom is -0.333 e. The normalized spacial score (nSPS) is 21.8. The molecule has 0 radical (unpaired) electrons. The average Bonchev–Trinajstić information content (AvgIpc) is 3.66. The van der Waals surface area contributed by atoms with Crippen molar-refractivity contribution < 1.29 is 4.79 Å². The van der Waals surface area contributed by atoms with E-state index < -0.39 is 0 Å². The molecule has 3 aliphatic rings. The van der Waals surface area contributed by atoms with Crippen LogP contribution in [0.4, 0.5) is 4.79 Å². The van der Waals surface area contributed by atoms with Gasteiger partial charge in [0.05, 0.1) is 17.6 Å². The van der Waals surface area contributed by atoms with E-state index in [1.54, 1.807) is 5.51 Å². The van der Waals surface area contributed by atoms with Crippen molar-refractivity contribution in [3.63, 3.8) is 0 Å². The average molecular weight is 552 g/mol. The summed E-state index contributed by atoms with van der Waals surface area (Å²) in [5.74, 6) is 0.536. The summed E-state index contributed by atoms with van der Waals surface area (Å²) in [6, 6.07) is 20.0. The van der Waals surface area contributed by atoms with E-state index in [9.17, 15) is 4.79 Å². The van der Waals surface area contributed by atoms with Gasteiger partial charge in [-0.3, -0.25) is 4.90 Å². The molecule has 0 spiro atoms. The van der Waals surface area contributed by atoms with E-state index in [0.717, 1.165) is 73.5 Å². The number of likely N-dealkylation sites (tertiary alicyclic amines) is 1. The van der Waals surface area contributed by atoms with Gasteiger partial charge in [0.25, 0.3) is 0 Å². The Morgan fingerprint density at radius 1 is 0.875 bits per heavy atom. The second kappa shape index (κ2) is 11.1. The number of hydrogen-bond donors (Lipinski definition) is 1. The maximum Gasteiger partial charge on any atom is 0.318 e. The second-order valence-electron chi connectivity index (χ2n) is 11.1. The van der Waals surface area contributed by atoms with Gasteiger partial charge in [-0.05, 0) is 31.2 Å². The Labute approximate surface area is 238 Å². The molecule has 2 atom stereocenters. The maximum atomic E-state index is 12.7. The van der Waals surface area contributed by atoms with Crippen molar-refractivity contribution in [2.24, 2.45) is 0 Å². The van der Waals surface area contributed by atoms with Gasteiger partial charge in [-0.15, -0.1) is 21.5 Å². The van der Waals surface area contributed by atoms with Gasteiger partial charge >= 0.3 is 6.03 Å². The highest BCUT2D eigenvalue weighted by Crippen LogP contribution is 2.33. The number of thiazole rings is 1. The Kier molecular flexibility index (Phi) is 6.99. The molecular formula is C31H33N7OS. The molecule has 2 aliphatic heterocycles. The number of nitrogens with one attached hydrogen (secondary N) is 1. The zero-order valence-corrected chi connectivity index (χ0v) is 23.3. The quantitative estimate of drug-likeness (QED) is 0.334. The third-order valence-corrected chi connectivity index (χ3v) is 9.20. The summed E-state index contributed by atoms with van der Waals surface area (Å²) in [5.41, 5.74) is 7.37. The zero-order chi connectivity index (χ0) is 26.9. The number of carbonyl (C=O) groups is 1. The van der Waals surface area contributed by atoms with Gasteiger partial charge in [0.15, 0.2) is 0 Å². The first-order valence-electron chi connectivity index (χ1n) is 14.3. The molecule has 1 N–H and O–H groups in total. The molecular weight excluding hydrogens is 518 g/mol. The van der Waals surface area contributed by atoms with Crippen molar-refractivity contribution in [3.8, 4) is 34.0 Å². The van der Waals surface area contributed by atoms with E-state index in [1.807, 2.05) is 35.7 Å². The number of rotatable bonds is 6. The largest absolute Gasteiger partial charge is 0.333 e. The second-order valence-corrected chi connectivity index (χ2v) is 11.8. The predicted octanol–water partition coefficient (Wildman–Crippen LogP) is 5.63. The van der Waals surface area contributed by atoms with E-state index >= 15 is 0 Å². The van der Waals surface area contributed by atoms with Crippen molar-refractivity contribution in [2.75, 3.05) is 13.1 Å². The minimum atomic E-state index is 0.165. The van der Waals surface area contributed by atoms with Gasteiger partial charge < -0.3 is 10.2 Å². The summed E-state index contributed by atoms with van der Waals surface area (Å²) in [6.45, 7) is 2.93. The van der Waals surface area contributed by atoms with Crippen LogP contribution in [0, 0.1) is 0 Å². The Balaban J connectivity index is 1.05. The number of urea groups is 1. The lowest BCUT2D eigenvalue weighted by Gasteiger charge is -2.40. The van der Waals surface area contributed by atoms with Crippen molar-refractivity contribution in [3.05, 3.63) is 71.1 Å². The molecule has 2 aromatic heterocycles. The molecule has 4 aromatic rings. The molecule has 0 bridgehead atoms. The van der Waals surface area contributed by atoms with Gasteiger partial charge in [0.2, 0.25) is 5.82 Å². The third-order valence-electron chi connectivity index (χ3n) is 8.61. The Hall–Kier alpha value is -3.69. The van der Waals surface area contributed by atoms with Crippen LogP contribution in [0.3, 0.4) is 0 Å². The van der Waals surface area contributed by atoms with E-state index in [-0.39, 0.29) is 6.03 Å². The lowest BCUT2D eigenvalue weighted by atomic mass is 9.89. The van der Waals surface area contributed by atoms with E-state index in [4.69, 9.17) is 4.98 Å².